The molecule has 0 spiro atoms. The van der Waals surface area contributed by atoms with Crippen LogP contribution < -0.4 is 0 Å². The molecule has 0 saturated heterocycles. The average Bonchev–Trinajstić information content (AvgIpc) is 2.01. The minimum atomic E-state index is -4.28. The highest BCUT2D eigenvalue weighted by molar-refractivity contribution is 5.32. The molecular weight excluding hydrogens is 191 g/mol. The quantitative estimate of drug-likeness (QED) is 0.680. The van der Waals surface area contributed by atoms with E-state index in [-0.39, 0.29) is 11.5 Å². The van der Waals surface area contributed by atoms with Gasteiger partial charge in [-0.25, -0.2) is 0 Å². The van der Waals surface area contributed by atoms with Crippen molar-refractivity contribution in [2.45, 2.75) is 32.9 Å². The maximum absolute atomic E-state index is 12.5. The third-order valence-electron chi connectivity index (χ3n) is 2.10. The van der Waals surface area contributed by atoms with Crippen LogP contribution in [0, 0.1) is 6.92 Å². The Kier molecular flexibility index (Phi) is 2.83. The SMILES string of the molecule is Cc1c(C(F)(F)F)ccnc1C(C)C. The summed E-state index contributed by atoms with van der Waals surface area (Å²) >= 11 is 0. The van der Waals surface area contributed by atoms with Gasteiger partial charge >= 0.3 is 6.18 Å². The average molecular weight is 203 g/mol. The van der Waals surface area contributed by atoms with Crippen molar-refractivity contribution < 1.29 is 13.2 Å². The Bertz CT molecular complexity index is 329. The zero-order chi connectivity index (χ0) is 10.9. The zero-order valence-electron chi connectivity index (χ0n) is 8.31. The third-order valence-corrected chi connectivity index (χ3v) is 2.10. The normalized spacial score (nSPS) is 12.2. The van der Waals surface area contributed by atoms with E-state index in [2.05, 4.69) is 4.98 Å². The molecule has 0 aromatic carbocycles. The van der Waals surface area contributed by atoms with E-state index in [0.29, 0.717) is 5.69 Å². The second kappa shape index (κ2) is 3.59. The fourth-order valence-electron chi connectivity index (χ4n) is 1.44. The molecule has 0 fully saturated rings. The molecule has 4 heteroatoms. The van der Waals surface area contributed by atoms with Gasteiger partial charge in [-0.3, -0.25) is 4.98 Å². The van der Waals surface area contributed by atoms with Gasteiger partial charge in [-0.1, -0.05) is 13.8 Å². The number of aromatic nitrogens is 1. The van der Waals surface area contributed by atoms with Crippen LogP contribution in [0.5, 0.6) is 0 Å². The Balaban J connectivity index is 3.28. The predicted molar refractivity (Wildman–Crippen MR) is 48.1 cm³/mol. The Labute approximate surface area is 81.0 Å². The first-order chi connectivity index (χ1) is 6.34. The highest BCUT2D eigenvalue weighted by Gasteiger charge is 2.33. The number of hydrogen-bond acceptors (Lipinski definition) is 1. The molecule has 0 atom stereocenters. The van der Waals surface area contributed by atoms with Gasteiger partial charge in [0.1, 0.15) is 0 Å². The topological polar surface area (TPSA) is 12.9 Å². The molecule has 1 aromatic heterocycles. The van der Waals surface area contributed by atoms with Gasteiger partial charge in [0.05, 0.1) is 5.56 Å². The van der Waals surface area contributed by atoms with Crippen LogP contribution in [0.1, 0.15) is 36.6 Å². The molecule has 0 unspecified atom stereocenters. The standard InChI is InChI=1S/C10H12F3N/c1-6(2)9-7(3)8(4-5-14-9)10(11,12)13/h4-6H,1-3H3. The van der Waals surface area contributed by atoms with Crippen LogP contribution in [0.2, 0.25) is 0 Å². The second-order valence-electron chi connectivity index (χ2n) is 3.52. The summed E-state index contributed by atoms with van der Waals surface area (Å²) in [6.45, 7) is 5.12. The minimum Gasteiger partial charge on any atom is -0.261 e. The lowest BCUT2D eigenvalue weighted by molar-refractivity contribution is -0.138. The van der Waals surface area contributed by atoms with Crippen molar-refractivity contribution >= 4 is 0 Å². The van der Waals surface area contributed by atoms with E-state index < -0.39 is 11.7 Å². The van der Waals surface area contributed by atoms with Gasteiger partial charge in [-0.05, 0) is 24.5 Å². The molecule has 0 amide bonds. The van der Waals surface area contributed by atoms with Crippen molar-refractivity contribution in [1.82, 2.24) is 4.98 Å². The molecule has 0 bridgehead atoms. The highest BCUT2D eigenvalue weighted by atomic mass is 19.4. The van der Waals surface area contributed by atoms with Crippen molar-refractivity contribution in [1.29, 1.82) is 0 Å². The van der Waals surface area contributed by atoms with E-state index in [1.807, 2.05) is 13.8 Å². The van der Waals surface area contributed by atoms with E-state index in [4.69, 9.17) is 0 Å². The molecule has 1 nitrogen and oxygen atoms in total. The lowest BCUT2D eigenvalue weighted by Gasteiger charge is -2.14. The smallest absolute Gasteiger partial charge is 0.261 e. The molecule has 0 aliphatic rings. The van der Waals surface area contributed by atoms with Gasteiger partial charge < -0.3 is 0 Å². The monoisotopic (exact) mass is 203 g/mol. The highest BCUT2D eigenvalue weighted by Crippen LogP contribution is 2.33. The van der Waals surface area contributed by atoms with E-state index >= 15 is 0 Å². The maximum Gasteiger partial charge on any atom is 0.416 e. The summed E-state index contributed by atoms with van der Waals surface area (Å²) in [5, 5.41) is 0. The van der Waals surface area contributed by atoms with Crippen LogP contribution in [0.25, 0.3) is 0 Å². The molecule has 1 rings (SSSR count). The first-order valence-electron chi connectivity index (χ1n) is 4.36. The summed E-state index contributed by atoms with van der Waals surface area (Å²) in [6, 6.07) is 1.02. The first kappa shape index (κ1) is 11.0. The Morgan fingerprint density at radius 3 is 2.29 bits per heavy atom. The van der Waals surface area contributed by atoms with Crippen molar-refractivity contribution in [2.75, 3.05) is 0 Å². The Hall–Kier alpha value is -1.06. The number of rotatable bonds is 1. The van der Waals surface area contributed by atoms with E-state index in [9.17, 15) is 13.2 Å². The van der Waals surface area contributed by atoms with Crippen molar-refractivity contribution in [3.8, 4) is 0 Å². The maximum atomic E-state index is 12.5. The number of pyridine rings is 1. The second-order valence-corrected chi connectivity index (χ2v) is 3.52. The van der Waals surface area contributed by atoms with Crippen LogP contribution >= 0.6 is 0 Å². The molecule has 1 aromatic rings. The Morgan fingerprint density at radius 1 is 1.29 bits per heavy atom. The number of halogens is 3. The molecule has 0 N–H and O–H groups in total. The fourth-order valence-corrected chi connectivity index (χ4v) is 1.44. The third kappa shape index (κ3) is 2.05. The van der Waals surface area contributed by atoms with Crippen LogP contribution in [0.15, 0.2) is 12.3 Å². The molecule has 0 radical (unpaired) electrons. The van der Waals surface area contributed by atoms with Gasteiger partial charge in [0, 0.05) is 11.9 Å². The molecule has 78 valence electrons. The molecule has 14 heavy (non-hydrogen) atoms. The molecular formula is C10H12F3N. The zero-order valence-corrected chi connectivity index (χ0v) is 8.31. The van der Waals surface area contributed by atoms with Crippen molar-refractivity contribution in [3.05, 3.63) is 29.1 Å². The summed E-state index contributed by atoms with van der Waals surface area (Å²) in [6.07, 6.45) is -3.07. The van der Waals surface area contributed by atoms with Gasteiger partial charge in [-0.15, -0.1) is 0 Å². The van der Waals surface area contributed by atoms with Crippen LogP contribution in [-0.2, 0) is 6.18 Å². The molecule has 0 aliphatic heterocycles. The summed E-state index contributed by atoms with van der Waals surface area (Å²) in [7, 11) is 0. The van der Waals surface area contributed by atoms with E-state index in [1.165, 1.54) is 13.1 Å². The first-order valence-corrected chi connectivity index (χ1v) is 4.36. The molecule has 0 saturated carbocycles. The number of nitrogens with zero attached hydrogens (tertiary/aromatic N) is 1. The minimum absolute atomic E-state index is 0.0114. The molecule has 1 heterocycles. The van der Waals surface area contributed by atoms with Crippen LogP contribution in [0.3, 0.4) is 0 Å². The molecule has 0 aliphatic carbocycles. The van der Waals surface area contributed by atoms with Crippen molar-refractivity contribution in [2.24, 2.45) is 0 Å². The van der Waals surface area contributed by atoms with Gasteiger partial charge in [0.2, 0.25) is 0 Å². The summed E-state index contributed by atoms with van der Waals surface area (Å²) in [5.41, 5.74) is 0.158. The summed E-state index contributed by atoms with van der Waals surface area (Å²) in [5.74, 6) is 0.0114. The summed E-state index contributed by atoms with van der Waals surface area (Å²) in [4.78, 5) is 3.95. The number of hydrogen-bond donors (Lipinski definition) is 0. The lowest BCUT2D eigenvalue weighted by atomic mass is 10.0. The van der Waals surface area contributed by atoms with Crippen molar-refractivity contribution in [3.63, 3.8) is 0 Å². The number of alkyl halides is 3. The van der Waals surface area contributed by atoms with Gasteiger partial charge in [0.15, 0.2) is 0 Å². The van der Waals surface area contributed by atoms with E-state index in [0.717, 1.165) is 6.07 Å². The van der Waals surface area contributed by atoms with E-state index in [1.54, 1.807) is 0 Å². The largest absolute Gasteiger partial charge is 0.416 e. The van der Waals surface area contributed by atoms with Gasteiger partial charge in [0.25, 0.3) is 0 Å². The lowest BCUT2D eigenvalue weighted by Crippen LogP contribution is -2.10. The fraction of sp³-hybridized carbons (Fsp3) is 0.500. The Morgan fingerprint density at radius 2 is 1.86 bits per heavy atom. The summed E-state index contributed by atoms with van der Waals surface area (Å²) < 4.78 is 37.4. The van der Waals surface area contributed by atoms with Gasteiger partial charge in [-0.2, -0.15) is 13.2 Å². The van der Waals surface area contributed by atoms with Crippen LogP contribution in [0.4, 0.5) is 13.2 Å². The predicted octanol–water partition coefficient (Wildman–Crippen LogP) is 3.53. The van der Waals surface area contributed by atoms with Crippen LogP contribution in [-0.4, -0.2) is 4.98 Å².